The van der Waals surface area contributed by atoms with Crippen molar-refractivity contribution in [3.63, 3.8) is 0 Å². The predicted octanol–water partition coefficient (Wildman–Crippen LogP) is 1.24. The molecule has 1 fully saturated rings. The lowest BCUT2D eigenvalue weighted by Gasteiger charge is -2.16. The van der Waals surface area contributed by atoms with E-state index in [1.54, 1.807) is 4.57 Å². The molecule has 0 unspecified atom stereocenters. The molecule has 4 rings (SSSR count). The van der Waals surface area contributed by atoms with Crippen LogP contribution in [0.3, 0.4) is 0 Å². The van der Waals surface area contributed by atoms with E-state index < -0.39 is 24.5 Å². The fraction of sp³-hybridized carbons (Fsp3) is 0.316. The predicted molar refractivity (Wildman–Crippen MR) is 105 cm³/mol. The van der Waals surface area contributed by atoms with Crippen LogP contribution in [0.5, 0.6) is 0 Å². The first kappa shape index (κ1) is 19.0. The Morgan fingerprint density at radius 3 is 2.68 bits per heavy atom. The number of aliphatic hydroxyl groups is 3. The lowest BCUT2D eigenvalue weighted by molar-refractivity contribution is -0.0511. The monoisotopic (exact) mass is 400 g/mol. The Hall–Kier alpha value is -2.30. The summed E-state index contributed by atoms with van der Waals surface area (Å²) >= 11 is 1.52. The molecule has 0 amide bonds. The Morgan fingerprint density at radius 2 is 1.93 bits per heavy atom. The number of hydrogen-bond acceptors (Lipinski definition) is 8. The standard InChI is InChI=1S/C19H20N4O4S/c24-9-13-15(25)16(26)19(27-13)23-11-22-14-17(23)20-10-21-18(14)28-8-4-7-12-5-2-1-3-6-12/h1-7,10-11,13,15-16,19,24-26H,8-9H2/b7-4+/t13-,15-,16-,19-/m1/s1. The van der Waals surface area contributed by atoms with Crippen LogP contribution in [0.25, 0.3) is 17.2 Å². The van der Waals surface area contributed by atoms with Gasteiger partial charge in [0.05, 0.1) is 12.9 Å². The number of fused-ring (bicyclic) bond motifs is 1. The maximum atomic E-state index is 10.2. The van der Waals surface area contributed by atoms with E-state index in [-0.39, 0.29) is 6.61 Å². The zero-order valence-electron chi connectivity index (χ0n) is 14.9. The third-order valence-corrected chi connectivity index (χ3v) is 5.47. The summed E-state index contributed by atoms with van der Waals surface area (Å²) < 4.78 is 7.13. The maximum absolute atomic E-state index is 10.2. The summed E-state index contributed by atoms with van der Waals surface area (Å²) in [6, 6.07) is 10.0. The van der Waals surface area contributed by atoms with Crippen molar-refractivity contribution in [3.05, 3.63) is 54.6 Å². The topological polar surface area (TPSA) is 114 Å². The van der Waals surface area contributed by atoms with Crippen molar-refractivity contribution in [1.29, 1.82) is 0 Å². The van der Waals surface area contributed by atoms with Gasteiger partial charge in [-0.05, 0) is 5.56 Å². The SMILES string of the molecule is OC[C@H]1O[C@@H](n2cnc3c(SC/C=C/c4ccccc4)ncnc32)[C@H](O)[C@@H]1O. The number of ether oxygens (including phenoxy) is 1. The van der Waals surface area contributed by atoms with Gasteiger partial charge >= 0.3 is 0 Å². The van der Waals surface area contributed by atoms with E-state index in [2.05, 4.69) is 21.0 Å². The van der Waals surface area contributed by atoms with Crippen molar-refractivity contribution in [1.82, 2.24) is 19.5 Å². The second-order valence-electron chi connectivity index (χ2n) is 6.36. The lowest BCUT2D eigenvalue weighted by Crippen LogP contribution is -2.33. The Morgan fingerprint density at radius 1 is 1.11 bits per heavy atom. The number of benzene rings is 1. The molecule has 1 saturated heterocycles. The molecule has 3 heterocycles. The van der Waals surface area contributed by atoms with Gasteiger partial charge in [-0.2, -0.15) is 0 Å². The van der Waals surface area contributed by atoms with Gasteiger partial charge in [-0.1, -0.05) is 54.2 Å². The van der Waals surface area contributed by atoms with E-state index in [1.165, 1.54) is 24.4 Å². The Balaban J connectivity index is 1.52. The van der Waals surface area contributed by atoms with Gasteiger partial charge in [0, 0.05) is 5.75 Å². The molecule has 2 aromatic heterocycles. The number of nitrogens with zero attached hydrogens (tertiary/aromatic N) is 4. The summed E-state index contributed by atoms with van der Waals surface area (Å²) in [5.74, 6) is 0.710. The average Bonchev–Trinajstić information content (AvgIpc) is 3.28. The quantitative estimate of drug-likeness (QED) is 0.418. The van der Waals surface area contributed by atoms with Crippen LogP contribution in [0.2, 0.25) is 0 Å². The molecule has 1 aliphatic heterocycles. The molecule has 4 atom stereocenters. The summed E-state index contributed by atoms with van der Waals surface area (Å²) in [5.41, 5.74) is 2.22. The van der Waals surface area contributed by atoms with E-state index >= 15 is 0 Å². The van der Waals surface area contributed by atoms with Crippen LogP contribution >= 0.6 is 11.8 Å². The highest BCUT2D eigenvalue weighted by Gasteiger charge is 2.44. The van der Waals surface area contributed by atoms with E-state index in [4.69, 9.17) is 4.74 Å². The van der Waals surface area contributed by atoms with Gasteiger partial charge < -0.3 is 20.1 Å². The Kier molecular flexibility index (Phi) is 5.69. The third kappa shape index (κ3) is 3.67. The fourth-order valence-electron chi connectivity index (χ4n) is 3.11. The highest BCUT2D eigenvalue weighted by Crippen LogP contribution is 2.32. The first-order valence-electron chi connectivity index (χ1n) is 8.83. The van der Waals surface area contributed by atoms with Gasteiger partial charge in [-0.25, -0.2) is 15.0 Å². The molecule has 8 nitrogen and oxygen atoms in total. The van der Waals surface area contributed by atoms with Gasteiger partial charge in [0.2, 0.25) is 0 Å². The summed E-state index contributed by atoms with van der Waals surface area (Å²) in [6.45, 7) is -0.384. The minimum atomic E-state index is -1.19. The van der Waals surface area contributed by atoms with Crippen LogP contribution < -0.4 is 0 Å². The second-order valence-corrected chi connectivity index (χ2v) is 7.36. The molecule has 0 saturated carbocycles. The molecule has 28 heavy (non-hydrogen) atoms. The highest BCUT2D eigenvalue weighted by atomic mass is 32.2. The molecule has 3 aromatic rings. The van der Waals surface area contributed by atoms with E-state index in [0.29, 0.717) is 21.9 Å². The van der Waals surface area contributed by atoms with Crippen molar-refractivity contribution in [2.24, 2.45) is 0 Å². The van der Waals surface area contributed by atoms with E-state index in [9.17, 15) is 15.3 Å². The molecule has 0 radical (unpaired) electrons. The zero-order valence-corrected chi connectivity index (χ0v) is 15.7. The van der Waals surface area contributed by atoms with Gasteiger partial charge in [0.1, 0.15) is 35.2 Å². The van der Waals surface area contributed by atoms with Crippen molar-refractivity contribution in [2.45, 2.75) is 29.6 Å². The molecule has 1 aliphatic rings. The number of thioether (sulfide) groups is 1. The summed E-state index contributed by atoms with van der Waals surface area (Å²) in [4.78, 5) is 12.9. The molecule has 0 bridgehead atoms. The van der Waals surface area contributed by atoms with E-state index in [1.807, 2.05) is 36.4 Å². The summed E-state index contributed by atoms with van der Waals surface area (Å²) in [6.07, 6.45) is 2.95. The third-order valence-electron chi connectivity index (χ3n) is 4.54. The first-order chi connectivity index (χ1) is 13.7. The molecule has 9 heteroatoms. The normalized spacial score (nSPS) is 25.1. The molecular weight excluding hydrogens is 380 g/mol. The number of hydrogen-bond donors (Lipinski definition) is 3. The molecule has 0 spiro atoms. The van der Waals surface area contributed by atoms with Crippen molar-refractivity contribution >= 4 is 29.0 Å². The van der Waals surface area contributed by atoms with Crippen LogP contribution in [0.1, 0.15) is 11.8 Å². The Labute approximate surface area is 165 Å². The van der Waals surface area contributed by atoms with Crippen LogP contribution in [0.4, 0.5) is 0 Å². The number of aliphatic hydroxyl groups excluding tert-OH is 3. The van der Waals surface area contributed by atoms with Gasteiger partial charge in [-0.3, -0.25) is 4.57 Å². The fourth-order valence-corrected chi connectivity index (χ4v) is 3.86. The van der Waals surface area contributed by atoms with Gasteiger partial charge in [-0.15, -0.1) is 0 Å². The van der Waals surface area contributed by atoms with Crippen LogP contribution in [-0.4, -0.2) is 65.5 Å². The van der Waals surface area contributed by atoms with Crippen LogP contribution in [0.15, 0.2) is 54.1 Å². The highest BCUT2D eigenvalue weighted by molar-refractivity contribution is 7.99. The van der Waals surface area contributed by atoms with E-state index in [0.717, 1.165) is 5.56 Å². The number of imidazole rings is 1. The minimum absolute atomic E-state index is 0.384. The van der Waals surface area contributed by atoms with Crippen molar-refractivity contribution in [2.75, 3.05) is 12.4 Å². The molecule has 1 aromatic carbocycles. The minimum Gasteiger partial charge on any atom is -0.394 e. The lowest BCUT2D eigenvalue weighted by atomic mass is 10.1. The molecule has 3 N–H and O–H groups in total. The first-order valence-corrected chi connectivity index (χ1v) is 9.82. The summed E-state index contributed by atoms with van der Waals surface area (Å²) in [7, 11) is 0. The number of aromatic nitrogens is 4. The summed E-state index contributed by atoms with van der Waals surface area (Å²) in [5, 5.41) is 30.2. The maximum Gasteiger partial charge on any atom is 0.166 e. The smallest absolute Gasteiger partial charge is 0.166 e. The molecule has 0 aliphatic carbocycles. The number of rotatable bonds is 6. The van der Waals surface area contributed by atoms with Gasteiger partial charge in [0.15, 0.2) is 11.9 Å². The van der Waals surface area contributed by atoms with Gasteiger partial charge in [0.25, 0.3) is 0 Å². The zero-order chi connectivity index (χ0) is 19.5. The van der Waals surface area contributed by atoms with Crippen molar-refractivity contribution in [3.8, 4) is 0 Å². The van der Waals surface area contributed by atoms with Crippen LogP contribution in [-0.2, 0) is 4.74 Å². The Bertz CT molecular complexity index is 965. The van der Waals surface area contributed by atoms with Crippen molar-refractivity contribution < 1.29 is 20.1 Å². The molecular formula is C19H20N4O4S. The average molecular weight is 400 g/mol. The largest absolute Gasteiger partial charge is 0.394 e. The molecule has 146 valence electrons. The van der Waals surface area contributed by atoms with Crippen LogP contribution in [0, 0.1) is 0 Å². The second kappa shape index (κ2) is 8.38.